The molecule has 0 radical (unpaired) electrons. The maximum absolute atomic E-state index is 12.1. The van der Waals surface area contributed by atoms with E-state index in [0.717, 1.165) is 15.3 Å². The Balaban J connectivity index is 2.40. The Morgan fingerprint density at radius 2 is 1.94 bits per heavy atom. The highest BCUT2D eigenvalue weighted by atomic mass is 32.1. The number of aromatic hydroxyl groups is 1. The van der Waals surface area contributed by atoms with Crippen LogP contribution in [0.3, 0.4) is 0 Å². The molecule has 0 saturated carbocycles. The summed E-state index contributed by atoms with van der Waals surface area (Å²) in [6, 6.07) is 11.1. The molecule has 0 aliphatic heterocycles. The molecule has 18 heavy (non-hydrogen) atoms. The normalized spacial score (nSPS) is 10.9. The van der Waals surface area contributed by atoms with Crippen LogP contribution < -0.4 is 5.56 Å². The van der Waals surface area contributed by atoms with E-state index in [2.05, 4.69) is 4.98 Å². The molecule has 0 aliphatic rings. The van der Waals surface area contributed by atoms with Crippen LogP contribution in [0.15, 0.2) is 41.2 Å². The first-order valence-corrected chi connectivity index (χ1v) is 6.39. The van der Waals surface area contributed by atoms with Crippen LogP contribution in [-0.4, -0.2) is 10.1 Å². The molecule has 0 fully saturated rings. The summed E-state index contributed by atoms with van der Waals surface area (Å²) in [6.07, 6.45) is 0. The summed E-state index contributed by atoms with van der Waals surface area (Å²) in [5.41, 5.74) is 0.802. The van der Waals surface area contributed by atoms with Gasteiger partial charge < -0.3 is 10.1 Å². The maximum atomic E-state index is 12.1. The van der Waals surface area contributed by atoms with Gasteiger partial charge in [-0.15, -0.1) is 11.3 Å². The Morgan fingerprint density at radius 1 is 1.22 bits per heavy atom. The Labute approximate surface area is 107 Å². The van der Waals surface area contributed by atoms with E-state index in [0.29, 0.717) is 10.9 Å². The van der Waals surface area contributed by atoms with E-state index < -0.39 is 0 Å². The molecule has 4 heteroatoms. The van der Waals surface area contributed by atoms with Gasteiger partial charge in [-0.3, -0.25) is 4.79 Å². The van der Waals surface area contributed by atoms with Gasteiger partial charge in [-0.2, -0.15) is 0 Å². The predicted molar refractivity (Wildman–Crippen MR) is 74.3 cm³/mol. The lowest BCUT2D eigenvalue weighted by Crippen LogP contribution is -2.08. The topological polar surface area (TPSA) is 53.1 Å². The molecule has 0 amide bonds. The second kappa shape index (κ2) is 3.99. The first-order chi connectivity index (χ1) is 8.66. The molecule has 0 unspecified atom stereocenters. The fourth-order valence-corrected chi connectivity index (χ4v) is 2.97. The Bertz CT molecular complexity index is 772. The number of thiophene rings is 1. The van der Waals surface area contributed by atoms with Crippen LogP contribution in [0.1, 0.15) is 4.88 Å². The summed E-state index contributed by atoms with van der Waals surface area (Å²) in [6.45, 7) is 1.95. The molecule has 2 heterocycles. The van der Waals surface area contributed by atoms with Crippen molar-refractivity contribution < 1.29 is 5.11 Å². The third kappa shape index (κ3) is 1.62. The third-order valence-electron chi connectivity index (χ3n) is 2.86. The molecule has 2 aromatic heterocycles. The summed E-state index contributed by atoms with van der Waals surface area (Å²) in [5, 5.41) is 11.0. The zero-order valence-corrected chi connectivity index (χ0v) is 10.5. The molecule has 0 bridgehead atoms. The number of rotatable bonds is 1. The fourth-order valence-electron chi connectivity index (χ4n) is 2.06. The number of fused-ring (bicyclic) bond motifs is 1. The zero-order valence-electron chi connectivity index (χ0n) is 9.73. The number of aryl methyl sites for hydroxylation is 1. The van der Waals surface area contributed by atoms with Gasteiger partial charge >= 0.3 is 0 Å². The van der Waals surface area contributed by atoms with Crippen molar-refractivity contribution in [2.45, 2.75) is 6.92 Å². The minimum Gasteiger partial charge on any atom is -0.506 e. The average Bonchev–Trinajstić information content (AvgIpc) is 2.71. The summed E-state index contributed by atoms with van der Waals surface area (Å²) in [7, 11) is 0. The van der Waals surface area contributed by atoms with Gasteiger partial charge in [0, 0.05) is 4.88 Å². The fraction of sp³-hybridized carbons (Fsp3) is 0.0714. The molecule has 3 nitrogen and oxygen atoms in total. The molecular formula is C14H11NO2S. The Hall–Kier alpha value is -2.07. The number of hydrogen-bond donors (Lipinski definition) is 2. The Morgan fingerprint density at radius 3 is 2.67 bits per heavy atom. The van der Waals surface area contributed by atoms with Crippen molar-refractivity contribution >= 4 is 21.6 Å². The largest absolute Gasteiger partial charge is 0.506 e. The number of aromatic nitrogens is 1. The molecule has 3 aromatic rings. The summed E-state index contributed by atoms with van der Waals surface area (Å²) in [5.74, 6) is 0.0595. The first-order valence-electron chi connectivity index (χ1n) is 5.57. The van der Waals surface area contributed by atoms with Crippen molar-refractivity contribution in [2.75, 3.05) is 0 Å². The highest BCUT2D eigenvalue weighted by molar-refractivity contribution is 7.18. The molecule has 0 atom stereocenters. The van der Waals surface area contributed by atoms with E-state index in [1.807, 2.05) is 43.3 Å². The number of H-pyrrole nitrogens is 1. The number of hydrogen-bond acceptors (Lipinski definition) is 3. The van der Waals surface area contributed by atoms with Gasteiger partial charge in [0.2, 0.25) is 0 Å². The van der Waals surface area contributed by atoms with E-state index in [1.54, 1.807) is 0 Å². The number of benzene rings is 1. The molecular weight excluding hydrogens is 246 g/mol. The summed E-state index contributed by atoms with van der Waals surface area (Å²) < 4.78 is 0. The van der Waals surface area contributed by atoms with E-state index in [4.69, 9.17) is 0 Å². The standard InChI is InChI=1S/C14H11NO2S/c1-8-7-10-12(16)11(9-5-3-2-4-6-9)13(17)15-14(10)18-8/h2-7H,1H3,(H2,15,16,17). The molecule has 0 aliphatic carbocycles. The van der Waals surface area contributed by atoms with Crippen molar-refractivity contribution in [3.8, 4) is 16.9 Å². The predicted octanol–water partition coefficient (Wildman–Crippen LogP) is 3.27. The van der Waals surface area contributed by atoms with Crippen molar-refractivity contribution in [1.29, 1.82) is 0 Å². The zero-order chi connectivity index (χ0) is 12.7. The lowest BCUT2D eigenvalue weighted by Gasteiger charge is -2.04. The third-order valence-corrected chi connectivity index (χ3v) is 3.83. The quantitative estimate of drug-likeness (QED) is 0.703. The highest BCUT2D eigenvalue weighted by Crippen LogP contribution is 2.35. The second-order valence-electron chi connectivity index (χ2n) is 4.14. The monoisotopic (exact) mass is 257 g/mol. The van der Waals surface area contributed by atoms with Crippen LogP contribution in [0, 0.1) is 6.92 Å². The number of aromatic amines is 1. The lowest BCUT2D eigenvalue weighted by atomic mass is 10.1. The summed E-state index contributed by atoms with van der Waals surface area (Å²) >= 11 is 1.47. The van der Waals surface area contributed by atoms with Gasteiger partial charge in [0.25, 0.3) is 5.56 Å². The highest BCUT2D eigenvalue weighted by Gasteiger charge is 2.14. The van der Waals surface area contributed by atoms with E-state index in [9.17, 15) is 9.90 Å². The number of nitrogens with one attached hydrogen (secondary N) is 1. The van der Waals surface area contributed by atoms with E-state index in [1.165, 1.54) is 11.3 Å². The van der Waals surface area contributed by atoms with E-state index >= 15 is 0 Å². The van der Waals surface area contributed by atoms with Crippen molar-refractivity contribution in [3.05, 3.63) is 51.6 Å². The van der Waals surface area contributed by atoms with E-state index in [-0.39, 0.29) is 11.3 Å². The average molecular weight is 257 g/mol. The SMILES string of the molecule is Cc1cc2c(O)c(-c3ccccc3)c(=O)[nH]c2s1. The minimum absolute atomic E-state index is 0.0595. The Kier molecular flexibility index (Phi) is 2.45. The molecule has 0 spiro atoms. The molecule has 2 N–H and O–H groups in total. The van der Waals surface area contributed by atoms with Crippen molar-refractivity contribution in [1.82, 2.24) is 4.98 Å². The van der Waals surface area contributed by atoms with Gasteiger partial charge in [0.05, 0.1) is 10.9 Å². The maximum Gasteiger partial charge on any atom is 0.260 e. The smallest absolute Gasteiger partial charge is 0.260 e. The molecule has 90 valence electrons. The minimum atomic E-state index is -0.256. The molecule has 1 aromatic carbocycles. The van der Waals surface area contributed by atoms with Gasteiger partial charge in [0.1, 0.15) is 10.6 Å². The van der Waals surface area contributed by atoms with Crippen LogP contribution >= 0.6 is 11.3 Å². The van der Waals surface area contributed by atoms with Crippen LogP contribution in [0.2, 0.25) is 0 Å². The second-order valence-corrected chi connectivity index (χ2v) is 5.40. The lowest BCUT2D eigenvalue weighted by molar-refractivity contribution is 0.482. The van der Waals surface area contributed by atoms with Gasteiger partial charge in [-0.1, -0.05) is 30.3 Å². The molecule has 3 rings (SSSR count). The van der Waals surface area contributed by atoms with Gasteiger partial charge in [0.15, 0.2) is 0 Å². The van der Waals surface area contributed by atoms with Crippen LogP contribution in [-0.2, 0) is 0 Å². The van der Waals surface area contributed by atoms with Crippen molar-refractivity contribution in [2.24, 2.45) is 0 Å². The van der Waals surface area contributed by atoms with Crippen LogP contribution in [0.4, 0.5) is 0 Å². The van der Waals surface area contributed by atoms with Gasteiger partial charge in [-0.25, -0.2) is 0 Å². The van der Waals surface area contributed by atoms with Crippen LogP contribution in [0.25, 0.3) is 21.3 Å². The summed E-state index contributed by atoms with van der Waals surface area (Å²) in [4.78, 5) is 16.7. The van der Waals surface area contributed by atoms with Crippen molar-refractivity contribution in [3.63, 3.8) is 0 Å². The first kappa shape index (κ1) is 11.0. The van der Waals surface area contributed by atoms with Crippen LogP contribution in [0.5, 0.6) is 5.75 Å². The molecule has 0 saturated heterocycles. The van der Waals surface area contributed by atoms with Gasteiger partial charge in [-0.05, 0) is 18.6 Å². The number of pyridine rings is 1.